The third-order valence-corrected chi connectivity index (χ3v) is 3.03. The molecule has 0 radical (unpaired) electrons. The van der Waals surface area contributed by atoms with E-state index in [2.05, 4.69) is 10.3 Å². The molecule has 17 heavy (non-hydrogen) atoms. The SMILES string of the molecule is Cl.Nc1ccc(NC(=O)C2CCCCC2)cn1. The fraction of sp³-hybridized carbons (Fsp3) is 0.500. The number of nitrogens with one attached hydrogen (secondary N) is 1. The maximum Gasteiger partial charge on any atom is 0.227 e. The molecule has 1 amide bonds. The summed E-state index contributed by atoms with van der Waals surface area (Å²) in [4.78, 5) is 15.8. The van der Waals surface area contributed by atoms with Crippen molar-refractivity contribution in [3.8, 4) is 0 Å². The zero-order valence-electron chi connectivity index (χ0n) is 9.69. The second-order valence-electron chi connectivity index (χ2n) is 4.30. The van der Waals surface area contributed by atoms with Crippen molar-refractivity contribution in [3.63, 3.8) is 0 Å². The molecule has 0 saturated heterocycles. The van der Waals surface area contributed by atoms with E-state index in [1.54, 1.807) is 18.3 Å². The molecular weight excluding hydrogens is 238 g/mol. The van der Waals surface area contributed by atoms with Crippen LogP contribution in [-0.2, 0) is 4.79 Å². The van der Waals surface area contributed by atoms with Crippen LogP contribution in [0.4, 0.5) is 11.5 Å². The number of hydrogen-bond acceptors (Lipinski definition) is 3. The van der Waals surface area contributed by atoms with Crippen molar-refractivity contribution >= 4 is 29.8 Å². The Morgan fingerprint density at radius 1 is 1.29 bits per heavy atom. The Bertz CT molecular complexity index is 361. The van der Waals surface area contributed by atoms with Crippen LogP contribution in [0.1, 0.15) is 32.1 Å². The number of nitrogens with zero attached hydrogens (tertiary/aromatic N) is 1. The summed E-state index contributed by atoms with van der Waals surface area (Å²) >= 11 is 0. The van der Waals surface area contributed by atoms with Gasteiger partial charge < -0.3 is 11.1 Å². The van der Waals surface area contributed by atoms with E-state index in [1.165, 1.54) is 6.42 Å². The molecule has 2 rings (SSSR count). The van der Waals surface area contributed by atoms with E-state index < -0.39 is 0 Å². The van der Waals surface area contributed by atoms with E-state index in [0.29, 0.717) is 5.82 Å². The summed E-state index contributed by atoms with van der Waals surface area (Å²) in [6, 6.07) is 3.47. The molecule has 1 saturated carbocycles. The molecule has 1 aromatic heterocycles. The van der Waals surface area contributed by atoms with Gasteiger partial charge in [0.15, 0.2) is 0 Å². The topological polar surface area (TPSA) is 68.0 Å². The summed E-state index contributed by atoms with van der Waals surface area (Å²) in [5, 5.41) is 2.88. The van der Waals surface area contributed by atoms with Gasteiger partial charge in [0.2, 0.25) is 5.91 Å². The lowest BCUT2D eigenvalue weighted by atomic mass is 9.88. The van der Waals surface area contributed by atoms with E-state index in [4.69, 9.17) is 5.73 Å². The number of halogens is 1. The van der Waals surface area contributed by atoms with E-state index in [9.17, 15) is 4.79 Å². The van der Waals surface area contributed by atoms with Crippen LogP contribution in [-0.4, -0.2) is 10.9 Å². The minimum atomic E-state index is 0. The van der Waals surface area contributed by atoms with Crippen molar-refractivity contribution in [2.24, 2.45) is 5.92 Å². The lowest BCUT2D eigenvalue weighted by molar-refractivity contribution is -0.120. The zero-order chi connectivity index (χ0) is 11.4. The second kappa shape index (κ2) is 6.45. The van der Waals surface area contributed by atoms with Crippen molar-refractivity contribution in [1.82, 2.24) is 4.98 Å². The molecular formula is C12H18ClN3O. The molecule has 0 aliphatic heterocycles. The monoisotopic (exact) mass is 255 g/mol. The number of carbonyl (C=O) groups is 1. The van der Waals surface area contributed by atoms with Gasteiger partial charge in [-0.2, -0.15) is 0 Å². The number of carbonyl (C=O) groups excluding carboxylic acids is 1. The number of aromatic nitrogens is 1. The minimum absolute atomic E-state index is 0. The number of nitrogen functional groups attached to an aromatic ring is 1. The van der Waals surface area contributed by atoms with Crippen LogP contribution in [0.25, 0.3) is 0 Å². The van der Waals surface area contributed by atoms with E-state index in [1.807, 2.05) is 0 Å². The number of amides is 1. The van der Waals surface area contributed by atoms with E-state index >= 15 is 0 Å². The molecule has 0 bridgehead atoms. The van der Waals surface area contributed by atoms with Crippen molar-refractivity contribution in [2.75, 3.05) is 11.1 Å². The number of nitrogens with two attached hydrogens (primary N) is 1. The molecule has 5 heteroatoms. The highest BCUT2D eigenvalue weighted by atomic mass is 35.5. The molecule has 0 atom stereocenters. The van der Waals surface area contributed by atoms with Gasteiger partial charge in [-0.25, -0.2) is 4.98 Å². The average Bonchev–Trinajstić information content (AvgIpc) is 2.33. The molecule has 1 heterocycles. The third kappa shape index (κ3) is 3.89. The highest BCUT2D eigenvalue weighted by Gasteiger charge is 2.20. The van der Waals surface area contributed by atoms with Gasteiger partial charge in [0.05, 0.1) is 11.9 Å². The maximum atomic E-state index is 11.9. The van der Waals surface area contributed by atoms with Gasteiger partial charge >= 0.3 is 0 Å². The largest absolute Gasteiger partial charge is 0.384 e. The Kier molecular flexibility index (Phi) is 5.22. The summed E-state index contributed by atoms with van der Waals surface area (Å²) in [6.07, 6.45) is 7.20. The standard InChI is InChI=1S/C12H17N3O.ClH/c13-11-7-6-10(8-14-11)15-12(16)9-4-2-1-3-5-9;/h6-9H,1-5H2,(H2,13,14)(H,15,16);1H. The van der Waals surface area contributed by atoms with Crippen molar-refractivity contribution < 1.29 is 4.79 Å². The van der Waals surface area contributed by atoms with Crippen LogP contribution in [0, 0.1) is 5.92 Å². The van der Waals surface area contributed by atoms with Gasteiger partial charge in [0.25, 0.3) is 0 Å². The average molecular weight is 256 g/mol. The normalized spacial score (nSPS) is 16.0. The Hall–Kier alpha value is -1.29. The highest BCUT2D eigenvalue weighted by Crippen LogP contribution is 2.24. The molecule has 1 aliphatic rings. The van der Waals surface area contributed by atoms with Crippen molar-refractivity contribution in [2.45, 2.75) is 32.1 Å². The first-order valence-electron chi connectivity index (χ1n) is 5.78. The first kappa shape index (κ1) is 13.8. The summed E-state index contributed by atoms with van der Waals surface area (Å²) in [6.45, 7) is 0. The molecule has 4 nitrogen and oxygen atoms in total. The summed E-state index contributed by atoms with van der Waals surface area (Å²) in [5.74, 6) is 0.758. The molecule has 94 valence electrons. The molecule has 0 aromatic carbocycles. The number of anilines is 2. The minimum Gasteiger partial charge on any atom is -0.384 e. The van der Waals surface area contributed by atoms with E-state index in [-0.39, 0.29) is 24.2 Å². The van der Waals surface area contributed by atoms with Crippen LogP contribution in [0.5, 0.6) is 0 Å². The predicted octanol–water partition coefficient (Wildman–Crippen LogP) is 2.60. The lowest BCUT2D eigenvalue weighted by Gasteiger charge is -2.20. The fourth-order valence-electron chi connectivity index (χ4n) is 2.09. The molecule has 1 fully saturated rings. The number of hydrogen-bond donors (Lipinski definition) is 2. The van der Waals surface area contributed by atoms with Crippen LogP contribution in [0.15, 0.2) is 18.3 Å². The van der Waals surface area contributed by atoms with Gasteiger partial charge in [0, 0.05) is 5.92 Å². The summed E-state index contributed by atoms with van der Waals surface area (Å²) < 4.78 is 0. The molecule has 0 unspecified atom stereocenters. The molecule has 3 N–H and O–H groups in total. The smallest absolute Gasteiger partial charge is 0.227 e. The molecule has 1 aliphatic carbocycles. The third-order valence-electron chi connectivity index (χ3n) is 3.03. The highest BCUT2D eigenvalue weighted by molar-refractivity contribution is 5.92. The number of rotatable bonds is 2. The lowest BCUT2D eigenvalue weighted by Crippen LogP contribution is -2.24. The maximum absolute atomic E-state index is 11.9. The van der Waals surface area contributed by atoms with Crippen molar-refractivity contribution in [1.29, 1.82) is 0 Å². The van der Waals surface area contributed by atoms with Gasteiger partial charge in [-0.05, 0) is 25.0 Å². The fourth-order valence-corrected chi connectivity index (χ4v) is 2.09. The second-order valence-corrected chi connectivity index (χ2v) is 4.30. The quantitative estimate of drug-likeness (QED) is 0.854. The molecule has 1 aromatic rings. The predicted molar refractivity (Wildman–Crippen MR) is 71.1 cm³/mol. The van der Waals surface area contributed by atoms with Crippen molar-refractivity contribution in [3.05, 3.63) is 18.3 Å². The first-order chi connectivity index (χ1) is 7.75. The van der Waals surface area contributed by atoms with Gasteiger partial charge in [-0.15, -0.1) is 12.4 Å². The Morgan fingerprint density at radius 2 is 2.00 bits per heavy atom. The Labute approximate surface area is 107 Å². The van der Waals surface area contributed by atoms with Crippen LogP contribution in [0.2, 0.25) is 0 Å². The van der Waals surface area contributed by atoms with Crippen LogP contribution >= 0.6 is 12.4 Å². The van der Waals surface area contributed by atoms with E-state index in [0.717, 1.165) is 31.4 Å². The Morgan fingerprint density at radius 3 is 2.59 bits per heavy atom. The Balaban J connectivity index is 0.00000144. The van der Waals surface area contributed by atoms with Gasteiger partial charge in [0.1, 0.15) is 5.82 Å². The summed E-state index contributed by atoms with van der Waals surface area (Å²) in [5.41, 5.74) is 6.20. The van der Waals surface area contributed by atoms with Crippen LogP contribution < -0.4 is 11.1 Å². The zero-order valence-corrected chi connectivity index (χ0v) is 10.5. The summed E-state index contributed by atoms with van der Waals surface area (Å²) in [7, 11) is 0. The first-order valence-corrected chi connectivity index (χ1v) is 5.78. The van der Waals surface area contributed by atoms with Crippen LogP contribution in [0.3, 0.4) is 0 Å². The van der Waals surface area contributed by atoms with Gasteiger partial charge in [-0.1, -0.05) is 19.3 Å². The van der Waals surface area contributed by atoms with Gasteiger partial charge in [-0.3, -0.25) is 4.79 Å². The number of pyridine rings is 1. The molecule has 0 spiro atoms.